The van der Waals surface area contributed by atoms with Crippen molar-refractivity contribution >= 4 is 23.5 Å². The van der Waals surface area contributed by atoms with E-state index < -0.39 is 11.5 Å². The monoisotopic (exact) mass is 615 g/mol. The highest BCUT2D eigenvalue weighted by molar-refractivity contribution is 6.32. The number of allylic oxidation sites excluding steroid dienone is 4. The molecule has 0 radical (unpaired) electrons. The number of nitrogens with zero attached hydrogens (tertiary/aromatic N) is 1. The van der Waals surface area contributed by atoms with Crippen LogP contribution in [0, 0.1) is 50.7 Å². The van der Waals surface area contributed by atoms with E-state index in [1.807, 2.05) is 6.92 Å². The Bertz CT molecular complexity index is 1210. The van der Waals surface area contributed by atoms with E-state index in [1.54, 1.807) is 10.5 Å². The normalized spacial score (nSPS) is 45.7. The fourth-order valence-corrected chi connectivity index (χ4v) is 12.1. The molecule has 0 heterocycles. The summed E-state index contributed by atoms with van der Waals surface area (Å²) >= 11 is 7.58. The lowest BCUT2D eigenvalue weighted by molar-refractivity contribution is -0.188. The Labute approximate surface area is 265 Å². The van der Waals surface area contributed by atoms with Gasteiger partial charge in [-0.15, -0.1) is 0 Å². The fraction of sp³-hybridized carbons (Fsp3) is 0.833. The molecule has 5 aliphatic carbocycles. The number of hydrogen-bond acceptors (Lipinski definition) is 5. The van der Waals surface area contributed by atoms with Gasteiger partial charge in [-0.1, -0.05) is 58.7 Å². The van der Waals surface area contributed by atoms with E-state index in [1.165, 1.54) is 38.2 Å². The molecule has 1 amide bonds. The van der Waals surface area contributed by atoms with Crippen LogP contribution in [-0.4, -0.2) is 49.1 Å². The number of carbonyl (C=O) groups is 2. The number of ether oxygens (including phenoxy) is 1. The van der Waals surface area contributed by atoms with Crippen LogP contribution in [0.1, 0.15) is 107 Å². The third-order valence-corrected chi connectivity index (χ3v) is 14.5. The van der Waals surface area contributed by atoms with Gasteiger partial charge in [0.05, 0.1) is 5.41 Å². The third-order valence-electron chi connectivity index (χ3n) is 14.3. The van der Waals surface area contributed by atoms with Gasteiger partial charge in [0, 0.05) is 38.1 Å². The predicted molar refractivity (Wildman–Crippen MR) is 174 cm³/mol. The van der Waals surface area contributed by atoms with Crippen LogP contribution in [-0.2, 0) is 14.3 Å². The van der Waals surface area contributed by atoms with Crippen molar-refractivity contribution in [2.75, 3.05) is 26.2 Å². The summed E-state index contributed by atoms with van der Waals surface area (Å²) in [6.07, 6.45) is 10.2. The second-order valence-electron chi connectivity index (χ2n) is 16.3. The SMILES string of the molecule is CC(=O)O[C@@H]1CC[C@]2(C)C3=C(Cl)C=C4C5[C@@H](C)[C@H](C)CC[C@]5(C)CC[C@@]4(C)[C@]3(C)CCC2[C@@]1(C)C(=O)N(CCN)CCN. The molecule has 7 heteroatoms. The number of carbonyl (C=O) groups excluding carboxylic acids is 2. The Morgan fingerprint density at radius 2 is 1.58 bits per heavy atom. The molecule has 4 saturated carbocycles. The summed E-state index contributed by atoms with van der Waals surface area (Å²) in [5, 5.41) is 0.901. The van der Waals surface area contributed by atoms with E-state index in [0.717, 1.165) is 24.3 Å². The number of amides is 1. The molecule has 5 aliphatic rings. The quantitative estimate of drug-likeness (QED) is 0.320. The zero-order valence-corrected chi connectivity index (χ0v) is 28.9. The third kappa shape index (κ3) is 4.61. The molecular weight excluding hydrogens is 558 g/mol. The van der Waals surface area contributed by atoms with Gasteiger partial charge in [-0.05, 0) is 115 Å². The van der Waals surface area contributed by atoms with Gasteiger partial charge in [0.1, 0.15) is 6.10 Å². The van der Waals surface area contributed by atoms with Crippen LogP contribution >= 0.6 is 11.6 Å². The molecule has 0 aromatic heterocycles. The minimum absolute atomic E-state index is 0.00241. The molecular formula is C36H58ClN3O3. The van der Waals surface area contributed by atoms with Crippen molar-refractivity contribution in [1.29, 1.82) is 0 Å². The first-order valence-corrected chi connectivity index (χ1v) is 17.4. The van der Waals surface area contributed by atoms with Crippen LogP contribution in [0.15, 0.2) is 22.3 Å². The molecule has 0 aromatic carbocycles. The van der Waals surface area contributed by atoms with E-state index in [-0.39, 0.29) is 34.0 Å². The first-order chi connectivity index (χ1) is 20.0. The molecule has 43 heavy (non-hydrogen) atoms. The molecule has 4 N–H and O–H groups in total. The highest BCUT2D eigenvalue weighted by atomic mass is 35.5. The number of hydrogen-bond donors (Lipinski definition) is 2. The van der Waals surface area contributed by atoms with Gasteiger partial charge in [0.25, 0.3) is 0 Å². The number of esters is 1. The van der Waals surface area contributed by atoms with Gasteiger partial charge in [-0.3, -0.25) is 9.59 Å². The van der Waals surface area contributed by atoms with Gasteiger partial charge in [0.2, 0.25) is 5.91 Å². The minimum atomic E-state index is -0.905. The summed E-state index contributed by atoms with van der Waals surface area (Å²) in [4.78, 5) is 28.8. The Morgan fingerprint density at radius 3 is 2.19 bits per heavy atom. The average molecular weight is 616 g/mol. The van der Waals surface area contributed by atoms with E-state index in [4.69, 9.17) is 27.8 Å². The number of rotatable bonds is 6. The second kappa shape index (κ2) is 11.2. The highest BCUT2D eigenvalue weighted by Crippen LogP contribution is 2.75. The molecule has 10 atom stereocenters. The van der Waals surface area contributed by atoms with E-state index in [0.29, 0.717) is 55.8 Å². The largest absolute Gasteiger partial charge is 0.461 e. The number of nitrogens with two attached hydrogens (primary N) is 2. The zero-order valence-electron chi connectivity index (χ0n) is 28.2. The maximum Gasteiger partial charge on any atom is 0.302 e. The lowest BCUT2D eigenvalue weighted by atomic mass is 9.35. The smallest absolute Gasteiger partial charge is 0.302 e. The van der Waals surface area contributed by atoms with Crippen molar-refractivity contribution < 1.29 is 14.3 Å². The van der Waals surface area contributed by atoms with Crippen molar-refractivity contribution in [2.45, 2.75) is 113 Å². The van der Waals surface area contributed by atoms with Crippen LogP contribution in [0.25, 0.3) is 0 Å². The molecule has 242 valence electrons. The Hall–Kier alpha value is -1.37. The van der Waals surface area contributed by atoms with E-state index in [2.05, 4.69) is 47.6 Å². The summed E-state index contributed by atoms with van der Waals surface area (Å²) in [7, 11) is 0. The van der Waals surface area contributed by atoms with Crippen LogP contribution in [0.4, 0.5) is 0 Å². The van der Waals surface area contributed by atoms with Gasteiger partial charge in [-0.2, -0.15) is 0 Å². The molecule has 5 rings (SSSR count). The minimum Gasteiger partial charge on any atom is -0.461 e. The van der Waals surface area contributed by atoms with Gasteiger partial charge < -0.3 is 21.1 Å². The lowest BCUT2D eigenvalue weighted by Gasteiger charge is -2.69. The summed E-state index contributed by atoms with van der Waals surface area (Å²) in [5.41, 5.74) is 13.9. The topological polar surface area (TPSA) is 98.7 Å². The van der Waals surface area contributed by atoms with Crippen molar-refractivity contribution in [3.8, 4) is 0 Å². The van der Waals surface area contributed by atoms with Crippen molar-refractivity contribution in [3.05, 3.63) is 22.3 Å². The molecule has 0 saturated heterocycles. The van der Waals surface area contributed by atoms with Gasteiger partial charge in [0.15, 0.2) is 0 Å². The number of fused-ring (bicyclic) bond motifs is 7. The van der Waals surface area contributed by atoms with Crippen LogP contribution in [0.3, 0.4) is 0 Å². The van der Waals surface area contributed by atoms with E-state index in [9.17, 15) is 9.59 Å². The first-order valence-electron chi connectivity index (χ1n) is 17.0. The molecule has 0 spiro atoms. The summed E-state index contributed by atoms with van der Waals surface area (Å²) < 4.78 is 6.00. The zero-order chi connectivity index (χ0) is 31.8. The highest BCUT2D eigenvalue weighted by Gasteiger charge is 2.69. The van der Waals surface area contributed by atoms with Crippen LogP contribution < -0.4 is 11.5 Å². The van der Waals surface area contributed by atoms with Crippen LogP contribution in [0.2, 0.25) is 0 Å². The summed E-state index contributed by atoms with van der Waals surface area (Å²) in [6, 6.07) is 0. The molecule has 6 nitrogen and oxygen atoms in total. The van der Waals surface area contributed by atoms with Crippen LogP contribution in [0.5, 0.6) is 0 Å². The van der Waals surface area contributed by atoms with Crippen molar-refractivity contribution in [3.63, 3.8) is 0 Å². The standard InChI is InChI=1S/C36H58ClN3O3/c1-22-9-12-32(4)15-16-34(6)25(29(32)23(22)2)21-26(37)30-33(5)13-11-28(43-24(3)41)36(8,27(33)10-14-35(30,34)7)31(42)40(19-17-38)20-18-39/h21-23,27-29H,9-20,38-39H2,1-8H3/t22-,23+,27?,28-,29?,32-,33+,34-,35-,36-/m1/s1. The molecule has 2 unspecified atom stereocenters. The van der Waals surface area contributed by atoms with Crippen molar-refractivity contribution in [2.24, 2.45) is 62.2 Å². The average Bonchev–Trinajstić information content (AvgIpc) is 2.93. The predicted octanol–water partition coefficient (Wildman–Crippen LogP) is 6.81. The molecule has 0 bridgehead atoms. The fourth-order valence-electron chi connectivity index (χ4n) is 11.6. The maximum absolute atomic E-state index is 14.6. The maximum atomic E-state index is 14.6. The Balaban J connectivity index is 1.66. The van der Waals surface area contributed by atoms with Crippen molar-refractivity contribution in [1.82, 2.24) is 4.90 Å². The molecule has 0 aromatic rings. The Morgan fingerprint density at radius 1 is 0.930 bits per heavy atom. The lowest BCUT2D eigenvalue weighted by Crippen LogP contribution is -2.65. The molecule has 4 fully saturated rings. The number of halogens is 1. The first kappa shape index (κ1) is 33.0. The van der Waals surface area contributed by atoms with E-state index >= 15 is 0 Å². The molecule has 0 aliphatic heterocycles. The second-order valence-corrected chi connectivity index (χ2v) is 16.7. The van der Waals surface area contributed by atoms with Gasteiger partial charge in [-0.25, -0.2) is 0 Å². The van der Waals surface area contributed by atoms with Gasteiger partial charge >= 0.3 is 5.97 Å². The summed E-state index contributed by atoms with van der Waals surface area (Å²) in [5.74, 6) is 1.51. The summed E-state index contributed by atoms with van der Waals surface area (Å²) in [6.45, 7) is 19.9. The Kier molecular flexibility index (Phi) is 8.56.